The van der Waals surface area contributed by atoms with Gasteiger partial charge in [0.25, 0.3) is 5.56 Å². The maximum atomic E-state index is 13.0. The number of rotatable bonds is 1. The Balaban J connectivity index is 2.16. The third-order valence-electron chi connectivity index (χ3n) is 4.34. The van der Waals surface area contributed by atoms with E-state index in [1.165, 1.54) is 11.3 Å². The van der Waals surface area contributed by atoms with Crippen molar-refractivity contribution in [2.75, 3.05) is 0 Å². The number of aryl methyl sites for hydroxylation is 1. The molecule has 2 aromatic heterocycles. The molecule has 1 aliphatic heterocycles. The van der Waals surface area contributed by atoms with Crippen LogP contribution in [-0.4, -0.2) is 4.57 Å². The smallest absolute Gasteiger partial charge is 0.258 e. The molecular formula is C18H13N3O2S. The molecule has 3 aromatic rings. The molecule has 4 rings (SSSR count). The molecular weight excluding hydrogens is 322 g/mol. The summed E-state index contributed by atoms with van der Waals surface area (Å²) in [4.78, 5) is 13.0. The van der Waals surface area contributed by atoms with Gasteiger partial charge in [-0.3, -0.25) is 4.79 Å². The summed E-state index contributed by atoms with van der Waals surface area (Å²) in [6.45, 7) is 0. The summed E-state index contributed by atoms with van der Waals surface area (Å²) < 4.78 is 7.33. The lowest BCUT2D eigenvalue weighted by atomic mass is 9.85. The molecule has 0 radical (unpaired) electrons. The van der Waals surface area contributed by atoms with E-state index in [9.17, 15) is 10.1 Å². The number of benzene rings is 1. The van der Waals surface area contributed by atoms with Crippen LogP contribution in [0.4, 0.5) is 0 Å². The van der Waals surface area contributed by atoms with Crippen molar-refractivity contribution >= 4 is 22.2 Å². The van der Waals surface area contributed by atoms with Crippen LogP contribution in [0, 0.1) is 11.3 Å². The van der Waals surface area contributed by atoms with Crippen LogP contribution in [0.15, 0.2) is 57.3 Å². The molecule has 1 aromatic carbocycles. The molecule has 0 fully saturated rings. The lowest BCUT2D eigenvalue weighted by Crippen LogP contribution is -2.30. The first-order valence-electron chi connectivity index (χ1n) is 7.34. The highest BCUT2D eigenvalue weighted by Crippen LogP contribution is 2.43. The van der Waals surface area contributed by atoms with Gasteiger partial charge in [-0.1, -0.05) is 12.1 Å². The van der Waals surface area contributed by atoms with E-state index in [1.54, 1.807) is 11.6 Å². The van der Waals surface area contributed by atoms with Gasteiger partial charge in [0.2, 0.25) is 5.88 Å². The van der Waals surface area contributed by atoms with E-state index in [1.807, 2.05) is 41.1 Å². The highest BCUT2D eigenvalue weighted by atomic mass is 32.1. The van der Waals surface area contributed by atoms with Gasteiger partial charge in [-0.2, -0.15) is 16.6 Å². The van der Waals surface area contributed by atoms with Crippen LogP contribution in [0.1, 0.15) is 17.0 Å². The van der Waals surface area contributed by atoms with Crippen molar-refractivity contribution in [2.24, 2.45) is 12.8 Å². The van der Waals surface area contributed by atoms with Crippen LogP contribution in [0.2, 0.25) is 0 Å². The highest BCUT2D eigenvalue weighted by Gasteiger charge is 2.35. The number of thiophene rings is 1. The zero-order valence-corrected chi connectivity index (χ0v) is 13.6. The maximum Gasteiger partial charge on any atom is 0.258 e. The Morgan fingerprint density at radius 2 is 2.12 bits per heavy atom. The van der Waals surface area contributed by atoms with E-state index < -0.39 is 5.92 Å². The fourth-order valence-electron chi connectivity index (χ4n) is 3.20. The van der Waals surface area contributed by atoms with Crippen LogP contribution in [0.3, 0.4) is 0 Å². The molecule has 24 heavy (non-hydrogen) atoms. The quantitative estimate of drug-likeness (QED) is 0.741. The minimum Gasteiger partial charge on any atom is -0.439 e. The first kappa shape index (κ1) is 14.5. The number of fused-ring (bicyclic) bond motifs is 3. The van der Waals surface area contributed by atoms with Gasteiger partial charge in [0.1, 0.15) is 17.4 Å². The normalized spacial score (nSPS) is 16.6. The van der Waals surface area contributed by atoms with Crippen molar-refractivity contribution in [1.82, 2.24) is 4.57 Å². The molecule has 1 atom stereocenters. The van der Waals surface area contributed by atoms with Crippen LogP contribution >= 0.6 is 11.3 Å². The van der Waals surface area contributed by atoms with Gasteiger partial charge < -0.3 is 15.0 Å². The van der Waals surface area contributed by atoms with Crippen LogP contribution in [-0.2, 0) is 7.05 Å². The number of para-hydroxylation sites is 1. The highest BCUT2D eigenvalue weighted by molar-refractivity contribution is 7.08. The van der Waals surface area contributed by atoms with Crippen molar-refractivity contribution in [2.45, 2.75) is 5.92 Å². The van der Waals surface area contributed by atoms with E-state index in [0.29, 0.717) is 11.3 Å². The monoisotopic (exact) mass is 335 g/mol. The molecule has 2 N–H and O–H groups in total. The zero-order valence-electron chi connectivity index (χ0n) is 12.8. The van der Waals surface area contributed by atoms with Crippen LogP contribution in [0.25, 0.3) is 10.9 Å². The zero-order chi connectivity index (χ0) is 16.8. The van der Waals surface area contributed by atoms with Crippen molar-refractivity contribution in [3.63, 3.8) is 0 Å². The first-order chi connectivity index (χ1) is 11.6. The first-order valence-corrected chi connectivity index (χ1v) is 8.29. The van der Waals surface area contributed by atoms with Gasteiger partial charge in [-0.15, -0.1) is 0 Å². The Labute approximate surface area is 141 Å². The number of hydrogen-bond acceptors (Lipinski definition) is 5. The van der Waals surface area contributed by atoms with Crippen LogP contribution in [0.5, 0.6) is 5.75 Å². The molecule has 1 unspecified atom stereocenters. The molecule has 1 aliphatic rings. The number of nitriles is 1. The molecule has 3 heterocycles. The predicted octanol–water partition coefficient (Wildman–Crippen LogP) is 2.82. The van der Waals surface area contributed by atoms with Gasteiger partial charge in [-0.05, 0) is 34.5 Å². The molecule has 0 spiro atoms. The third kappa shape index (κ3) is 1.88. The third-order valence-corrected chi connectivity index (χ3v) is 5.04. The Kier molecular flexibility index (Phi) is 3.18. The Bertz CT molecular complexity index is 1090. The number of nitrogens with zero attached hydrogens (tertiary/aromatic N) is 2. The van der Waals surface area contributed by atoms with Gasteiger partial charge >= 0.3 is 0 Å². The summed E-state index contributed by atoms with van der Waals surface area (Å²) in [6.07, 6.45) is 0. The molecule has 0 amide bonds. The summed E-state index contributed by atoms with van der Waals surface area (Å²) in [5.41, 5.74) is 8.19. The minimum atomic E-state index is -0.506. The number of pyridine rings is 1. The Morgan fingerprint density at radius 3 is 2.83 bits per heavy atom. The van der Waals surface area contributed by atoms with E-state index in [0.717, 1.165) is 16.5 Å². The lowest BCUT2D eigenvalue weighted by Gasteiger charge is -2.27. The fraction of sp³-hybridized carbons (Fsp3) is 0.111. The standard InChI is InChI=1S/C18H13N3O2S/c1-21-13-5-3-2-4-11(13)16-15(18(21)22)14(10-6-7-24-9-10)12(8-19)17(20)23-16/h2-7,9,14H,20H2,1H3. The number of ether oxygens (including phenoxy) is 1. The van der Waals surface area contributed by atoms with Crippen molar-refractivity contribution in [3.05, 3.63) is 74.0 Å². The van der Waals surface area contributed by atoms with Crippen molar-refractivity contribution in [1.29, 1.82) is 5.26 Å². The number of allylic oxidation sites excluding steroid dienone is 1. The van der Waals surface area contributed by atoms with Gasteiger partial charge in [0.15, 0.2) is 0 Å². The second-order valence-electron chi connectivity index (χ2n) is 5.61. The number of nitrogens with two attached hydrogens (primary N) is 1. The van der Waals surface area contributed by atoms with E-state index >= 15 is 0 Å². The number of hydrogen-bond donors (Lipinski definition) is 1. The average molecular weight is 335 g/mol. The minimum absolute atomic E-state index is 0.0552. The van der Waals surface area contributed by atoms with Crippen molar-refractivity contribution < 1.29 is 4.74 Å². The summed E-state index contributed by atoms with van der Waals surface area (Å²) in [7, 11) is 1.73. The number of aromatic nitrogens is 1. The Morgan fingerprint density at radius 1 is 1.33 bits per heavy atom. The van der Waals surface area contributed by atoms with E-state index in [2.05, 4.69) is 6.07 Å². The largest absolute Gasteiger partial charge is 0.439 e. The second kappa shape index (κ2) is 5.25. The van der Waals surface area contributed by atoms with Gasteiger partial charge in [0.05, 0.1) is 17.0 Å². The van der Waals surface area contributed by atoms with Gasteiger partial charge in [-0.25, -0.2) is 0 Å². The summed E-state index contributed by atoms with van der Waals surface area (Å²) in [5.74, 6) is -0.00527. The van der Waals surface area contributed by atoms with Crippen LogP contribution < -0.4 is 16.0 Å². The molecule has 0 aliphatic carbocycles. The van der Waals surface area contributed by atoms with Crippen molar-refractivity contribution in [3.8, 4) is 11.8 Å². The maximum absolute atomic E-state index is 13.0. The SMILES string of the molecule is Cn1c(=O)c2c(c3ccccc31)OC(N)=C(C#N)C2c1ccsc1. The van der Waals surface area contributed by atoms with Gasteiger partial charge in [0, 0.05) is 12.4 Å². The molecule has 118 valence electrons. The van der Waals surface area contributed by atoms with E-state index in [-0.39, 0.29) is 17.0 Å². The average Bonchev–Trinajstić information content (AvgIpc) is 3.13. The molecule has 0 saturated heterocycles. The predicted molar refractivity (Wildman–Crippen MR) is 92.8 cm³/mol. The fourth-order valence-corrected chi connectivity index (χ4v) is 3.88. The lowest BCUT2D eigenvalue weighted by molar-refractivity contribution is 0.396. The van der Waals surface area contributed by atoms with E-state index in [4.69, 9.17) is 10.5 Å². The summed E-state index contributed by atoms with van der Waals surface area (Å²) in [6, 6.07) is 11.5. The molecule has 0 bridgehead atoms. The molecule has 0 saturated carbocycles. The summed E-state index contributed by atoms with van der Waals surface area (Å²) in [5, 5.41) is 14.2. The molecule has 6 heteroatoms. The Hall–Kier alpha value is -3.04. The molecule has 5 nitrogen and oxygen atoms in total. The summed E-state index contributed by atoms with van der Waals surface area (Å²) >= 11 is 1.51. The topological polar surface area (TPSA) is 81.0 Å². The second-order valence-corrected chi connectivity index (χ2v) is 6.39.